The van der Waals surface area contributed by atoms with Crippen LogP contribution < -0.4 is 5.73 Å². The van der Waals surface area contributed by atoms with Crippen molar-refractivity contribution in [1.82, 2.24) is 9.80 Å². The van der Waals surface area contributed by atoms with Crippen molar-refractivity contribution in [2.45, 2.75) is 33.4 Å². The molecule has 1 fully saturated rings. The lowest BCUT2D eigenvalue weighted by molar-refractivity contribution is -0.136. The summed E-state index contributed by atoms with van der Waals surface area (Å²) in [5.74, 6) is 0.0910. The highest BCUT2D eigenvalue weighted by atomic mass is 32.1. The van der Waals surface area contributed by atoms with Gasteiger partial charge < -0.3 is 10.6 Å². The third kappa shape index (κ3) is 3.81. The molecule has 2 N–H and O–H groups in total. The van der Waals surface area contributed by atoms with Crippen molar-refractivity contribution < 1.29 is 4.79 Å². The minimum Gasteiger partial charge on any atom is -0.339 e. The van der Waals surface area contributed by atoms with E-state index in [9.17, 15) is 4.79 Å². The van der Waals surface area contributed by atoms with Gasteiger partial charge in [-0.05, 0) is 16.9 Å². The van der Waals surface area contributed by atoms with Gasteiger partial charge in [0, 0.05) is 37.6 Å². The van der Waals surface area contributed by atoms with Crippen molar-refractivity contribution in [3.8, 4) is 0 Å². The van der Waals surface area contributed by atoms with Crippen molar-refractivity contribution >= 4 is 17.2 Å². The van der Waals surface area contributed by atoms with Crippen LogP contribution in [0.5, 0.6) is 0 Å². The van der Waals surface area contributed by atoms with Gasteiger partial charge in [0.1, 0.15) is 0 Å². The van der Waals surface area contributed by atoms with Crippen LogP contribution in [0.2, 0.25) is 0 Å². The lowest BCUT2D eigenvalue weighted by atomic mass is 9.86. The normalized spacial score (nSPS) is 19.1. The number of hydrogen-bond donors (Lipinski definition) is 1. The Morgan fingerprint density at radius 1 is 1.35 bits per heavy atom. The number of piperazine rings is 1. The fourth-order valence-corrected chi connectivity index (χ4v) is 3.06. The molecule has 1 saturated heterocycles. The molecule has 1 aromatic rings. The van der Waals surface area contributed by atoms with Crippen LogP contribution in [-0.2, 0) is 11.3 Å². The lowest BCUT2D eigenvalue weighted by Gasteiger charge is -2.38. The van der Waals surface area contributed by atoms with Gasteiger partial charge in [-0.1, -0.05) is 26.8 Å². The van der Waals surface area contributed by atoms with E-state index in [0.717, 1.165) is 32.7 Å². The predicted molar refractivity (Wildman–Crippen MR) is 83.6 cm³/mol. The van der Waals surface area contributed by atoms with Crippen LogP contribution in [0, 0.1) is 5.41 Å². The molecule has 0 bridgehead atoms. The first-order valence-electron chi connectivity index (χ1n) is 7.17. The second kappa shape index (κ2) is 6.24. The molecule has 0 aromatic carbocycles. The number of rotatable bonds is 3. The van der Waals surface area contributed by atoms with E-state index >= 15 is 0 Å². The van der Waals surface area contributed by atoms with E-state index in [4.69, 9.17) is 5.73 Å². The van der Waals surface area contributed by atoms with Crippen molar-refractivity contribution in [2.75, 3.05) is 26.2 Å². The predicted octanol–water partition coefficient (Wildman–Crippen LogP) is 1.77. The summed E-state index contributed by atoms with van der Waals surface area (Å²) < 4.78 is 0. The van der Waals surface area contributed by atoms with Gasteiger partial charge in [0.15, 0.2) is 0 Å². The van der Waals surface area contributed by atoms with Crippen LogP contribution in [0.4, 0.5) is 0 Å². The van der Waals surface area contributed by atoms with Crippen LogP contribution in [0.3, 0.4) is 0 Å². The Bertz CT molecular complexity index is 430. The van der Waals surface area contributed by atoms with Crippen LogP contribution in [0.25, 0.3) is 0 Å². The molecule has 0 unspecified atom stereocenters. The minimum absolute atomic E-state index is 0.0910. The summed E-state index contributed by atoms with van der Waals surface area (Å²) in [6.45, 7) is 10.5. The second-order valence-corrected chi connectivity index (χ2v) is 7.56. The van der Waals surface area contributed by atoms with Gasteiger partial charge in [0.2, 0.25) is 5.91 Å². The highest BCUT2D eigenvalue weighted by Gasteiger charge is 2.32. The summed E-state index contributed by atoms with van der Waals surface area (Å²) in [5.41, 5.74) is 5.89. The fraction of sp³-hybridized carbons (Fsp3) is 0.667. The maximum Gasteiger partial charge on any atom is 0.240 e. The molecule has 0 spiro atoms. The number of carbonyl (C=O) groups is 1. The molecular formula is C15H25N3OS. The zero-order chi connectivity index (χ0) is 14.8. The third-order valence-corrected chi connectivity index (χ3v) is 4.70. The molecule has 2 heterocycles. The highest BCUT2D eigenvalue weighted by molar-refractivity contribution is 7.09. The Morgan fingerprint density at radius 2 is 2.00 bits per heavy atom. The Morgan fingerprint density at radius 3 is 2.50 bits per heavy atom. The zero-order valence-corrected chi connectivity index (χ0v) is 13.4. The summed E-state index contributed by atoms with van der Waals surface area (Å²) >= 11 is 1.79. The first-order chi connectivity index (χ1) is 9.38. The topological polar surface area (TPSA) is 49.6 Å². The van der Waals surface area contributed by atoms with Crippen LogP contribution >= 0.6 is 11.3 Å². The van der Waals surface area contributed by atoms with E-state index in [-0.39, 0.29) is 11.3 Å². The zero-order valence-electron chi connectivity index (χ0n) is 12.6. The van der Waals surface area contributed by atoms with E-state index in [1.807, 2.05) is 25.7 Å². The fourth-order valence-electron chi connectivity index (χ4n) is 2.32. The summed E-state index contributed by atoms with van der Waals surface area (Å²) in [6, 6.07) is 3.84. The molecule has 1 atom stereocenters. The molecule has 0 saturated carbocycles. The van der Waals surface area contributed by atoms with Crippen molar-refractivity contribution in [3.05, 3.63) is 22.4 Å². The largest absolute Gasteiger partial charge is 0.339 e. The average molecular weight is 295 g/mol. The smallest absolute Gasteiger partial charge is 0.240 e. The number of hydrogen-bond acceptors (Lipinski definition) is 4. The molecule has 112 valence electrons. The standard InChI is InChI=1S/C15H25N3OS/c1-15(2,3)13(16)14(19)18-8-6-17(7-9-18)11-12-5-4-10-20-12/h4-5,10,13H,6-9,11,16H2,1-3H3/t13-/m1/s1. The van der Waals surface area contributed by atoms with E-state index in [1.54, 1.807) is 11.3 Å². The number of nitrogens with two attached hydrogens (primary N) is 1. The summed E-state index contributed by atoms with van der Waals surface area (Å²) in [5, 5.41) is 2.11. The summed E-state index contributed by atoms with van der Waals surface area (Å²) in [6.07, 6.45) is 0. The van der Waals surface area contributed by atoms with E-state index in [1.165, 1.54) is 4.88 Å². The number of amides is 1. The van der Waals surface area contributed by atoms with Crippen LogP contribution in [0.15, 0.2) is 17.5 Å². The third-order valence-electron chi connectivity index (χ3n) is 3.84. The van der Waals surface area contributed by atoms with Crippen molar-refractivity contribution in [1.29, 1.82) is 0 Å². The Hall–Kier alpha value is -0.910. The second-order valence-electron chi connectivity index (χ2n) is 6.52. The van der Waals surface area contributed by atoms with Gasteiger partial charge in [-0.15, -0.1) is 11.3 Å². The number of nitrogens with zero attached hydrogens (tertiary/aromatic N) is 2. The van der Waals surface area contributed by atoms with Gasteiger partial charge in [-0.3, -0.25) is 9.69 Å². The Balaban J connectivity index is 1.83. The summed E-state index contributed by atoms with van der Waals surface area (Å²) in [7, 11) is 0. The molecule has 1 aromatic heterocycles. The molecule has 1 aliphatic rings. The molecule has 20 heavy (non-hydrogen) atoms. The van der Waals surface area contributed by atoms with E-state index < -0.39 is 6.04 Å². The molecule has 1 amide bonds. The van der Waals surface area contributed by atoms with Gasteiger partial charge in [-0.25, -0.2) is 0 Å². The molecular weight excluding hydrogens is 270 g/mol. The molecule has 1 aliphatic heterocycles. The van der Waals surface area contributed by atoms with Crippen molar-refractivity contribution in [3.63, 3.8) is 0 Å². The number of carbonyl (C=O) groups excluding carboxylic acids is 1. The number of thiophene rings is 1. The lowest BCUT2D eigenvalue weighted by Crippen LogP contribution is -2.55. The SMILES string of the molecule is CC(C)(C)[C@H](N)C(=O)N1CCN(Cc2cccs2)CC1. The van der Waals surface area contributed by atoms with E-state index in [2.05, 4.69) is 22.4 Å². The van der Waals surface area contributed by atoms with Gasteiger partial charge in [0.05, 0.1) is 6.04 Å². The van der Waals surface area contributed by atoms with Crippen LogP contribution in [-0.4, -0.2) is 47.9 Å². The quantitative estimate of drug-likeness (QED) is 0.924. The van der Waals surface area contributed by atoms with Gasteiger partial charge in [0.25, 0.3) is 0 Å². The van der Waals surface area contributed by atoms with Gasteiger partial charge >= 0.3 is 0 Å². The Labute approximate surface area is 125 Å². The minimum atomic E-state index is -0.411. The highest BCUT2D eigenvalue weighted by Crippen LogP contribution is 2.20. The first-order valence-corrected chi connectivity index (χ1v) is 8.05. The molecule has 4 nitrogen and oxygen atoms in total. The van der Waals surface area contributed by atoms with Crippen LogP contribution in [0.1, 0.15) is 25.6 Å². The maximum atomic E-state index is 12.4. The van der Waals surface area contributed by atoms with E-state index in [0.29, 0.717) is 0 Å². The monoisotopic (exact) mass is 295 g/mol. The Kier molecular flexibility index (Phi) is 4.83. The molecule has 0 radical (unpaired) electrons. The molecule has 0 aliphatic carbocycles. The first kappa shape index (κ1) is 15.5. The van der Waals surface area contributed by atoms with Crippen molar-refractivity contribution in [2.24, 2.45) is 11.1 Å². The van der Waals surface area contributed by atoms with Gasteiger partial charge in [-0.2, -0.15) is 0 Å². The molecule has 2 rings (SSSR count). The molecule has 5 heteroatoms. The maximum absolute atomic E-state index is 12.4. The summed E-state index contributed by atoms with van der Waals surface area (Å²) in [4.78, 5) is 18.1. The average Bonchev–Trinajstić information content (AvgIpc) is 2.90.